The van der Waals surface area contributed by atoms with E-state index in [1.807, 2.05) is 6.07 Å². The van der Waals surface area contributed by atoms with Gasteiger partial charge in [0.15, 0.2) is 0 Å². The van der Waals surface area contributed by atoms with Crippen LogP contribution in [0.5, 0.6) is 0 Å². The number of ether oxygens (including phenoxy) is 1. The Morgan fingerprint density at radius 3 is 2.86 bits per heavy atom. The summed E-state index contributed by atoms with van der Waals surface area (Å²) in [6, 6.07) is 7.75. The Labute approximate surface area is 122 Å². The first kappa shape index (κ1) is 15.0. The van der Waals surface area contributed by atoms with Gasteiger partial charge in [0.1, 0.15) is 6.04 Å². The Kier molecular flexibility index (Phi) is 4.90. The molecule has 1 saturated heterocycles. The molecule has 0 aliphatic carbocycles. The topological polar surface area (TPSA) is 99.4 Å². The second kappa shape index (κ2) is 6.86. The minimum Gasteiger partial charge on any atom is -0.480 e. The zero-order valence-electron chi connectivity index (χ0n) is 11.4. The second-order valence-corrected chi connectivity index (χ2v) is 4.93. The largest absolute Gasteiger partial charge is 0.480 e. The first-order valence-corrected chi connectivity index (χ1v) is 6.70. The Morgan fingerprint density at radius 2 is 2.24 bits per heavy atom. The van der Waals surface area contributed by atoms with E-state index < -0.39 is 12.0 Å². The molecule has 0 unspecified atom stereocenters. The van der Waals surface area contributed by atoms with Gasteiger partial charge in [-0.25, -0.2) is 4.79 Å². The number of nitrogens with one attached hydrogen (secondary N) is 1. The summed E-state index contributed by atoms with van der Waals surface area (Å²) in [6.07, 6.45) is 0.686. The fourth-order valence-electron chi connectivity index (χ4n) is 2.26. The molecule has 0 aromatic heterocycles. The minimum absolute atomic E-state index is 0.0817. The SMILES string of the molecule is N#Cc1ccccc1C[C@@H](NC(=O)[C@H]1CCOC1)C(=O)O. The minimum atomic E-state index is -1.12. The third-order valence-electron chi connectivity index (χ3n) is 3.48. The predicted molar refractivity (Wildman–Crippen MR) is 73.4 cm³/mol. The molecule has 0 saturated carbocycles. The van der Waals surface area contributed by atoms with E-state index >= 15 is 0 Å². The number of carboxylic acids is 1. The molecule has 2 atom stereocenters. The fourth-order valence-corrected chi connectivity index (χ4v) is 2.26. The van der Waals surface area contributed by atoms with Gasteiger partial charge in [0.2, 0.25) is 5.91 Å². The molecule has 2 N–H and O–H groups in total. The maximum absolute atomic E-state index is 12.0. The number of benzene rings is 1. The zero-order chi connectivity index (χ0) is 15.2. The maximum atomic E-state index is 12.0. The summed E-state index contributed by atoms with van der Waals surface area (Å²) in [5.41, 5.74) is 1.03. The first-order valence-electron chi connectivity index (χ1n) is 6.70. The molecule has 2 rings (SSSR count). The summed E-state index contributed by atoms with van der Waals surface area (Å²) < 4.78 is 5.12. The number of carboxylic acid groups (broad SMARTS) is 1. The summed E-state index contributed by atoms with van der Waals surface area (Å²) in [5.74, 6) is -1.72. The second-order valence-electron chi connectivity index (χ2n) is 4.93. The van der Waals surface area contributed by atoms with Crippen LogP contribution in [0, 0.1) is 17.2 Å². The molecule has 0 bridgehead atoms. The molecule has 1 heterocycles. The molecule has 6 nitrogen and oxygen atoms in total. The summed E-state index contributed by atoms with van der Waals surface area (Å²) in [4.78, 5) is 23.3. The molecule has 0 spiro atoms. The van der Waals surface area contributed by atoms with Crippen LogP contribution in [0.4, 0.5) is 0 Å². The summed E-state index contributed by atoms with van der Waals surface area (Å²) in [5, 5.41) is 20.8. The lowest BCUT2D eigenvalue weighted by Gasteiger charge is -2.17. The van der Waals surface area contributed by atoms with Gasteiger partial charge in [-0.3, -0.25) is 4.79 Å². The normalized spacial score (nSPS) is 18.7. The van der Waals surface area contributed by atoms with Crippen LogP contribution in [0.1, 0.15) is 17.5 Å². The van der Waals surface area contributed by atoms with E-state index in [-0.39, 0.29) is 18.2 Å². The van der Waals surface area contributed by atoms with E-state index in [4.69, 9.17) is 10.00 Å². The smallest absolute Gasteiger partial charge is 0.326 e. The van der Waals surface area contributed by atoms with Gasteiger partial charge in [-0.15, -0.1) is 0 Å². The van der Waals surface area contributed by atoms with E-state index in [1.165, 1.54) is 0 Å². The maximum Gasteiger partial charge on any atom is 0.326 e. The van der Waals surface area contributed by atoms with Crippen molar-refractivity contribution >= 4 is 11.9 Å². The van der Waals surface area contributed by atoms with Crippen molar-refractivity contribution in [3.63, 3.8) is 0 Å². The van der Waals surface area contributed by atoms with Crippen molar-refractivity contribution in [1.82, 2.24) is 5.32 Å². The van der Waals surface area contributed by atoms with Crippen LogP contribution in [0.3, 0.4) is 0 Å². The van der Waals surface area contributed by atoms with Crippen molar-refractivity contribution in [2.75, 3.05) is 13.2 Å². The number of carbonyl (C=O) groups excluding carboxylic acids is 1. The number of nitrogens with zero attached hydrogens (tertiary/aromatic N) is 1. The number of rotatable bonds is 5. The number of amides is 1. The lowest BCUT2D eigenvalue weighted by molar-refractivity contribution is -0.142. The van der Waals surface area contributed by atoms with Gasteiger partial charge in [-0.1, -0.05) is 18.2 Å². The Bertz CT molecular complexity index is 573. The van der Waals surface area contributed by atoms with E-state index in [9.17, 15) is 14.7 Å². The average Bonchev–Trinajstić information content (AvgIpc) is 3.01. The van der Waals surface area contributed by atoms with E-state index in [2.05, 4.69) is 5.32 Å². The van der Waals surface area contributed by atoms with Crippen LogP contribution in [-0.2, 0) is 20.7 Å². The average molecular weight is 288 g/mol. The highest BCUT2D eigenvalue weighted by molar-refractivity contribution is 5.85. The molecule has 6 heteroatoms. The van der Waals surface area contributed by atoms with E-state index in [1.54, 1.807) is 24.3 Å². The van der Waals surface area contributed by atoms with Gasteiger partial charge in [-0.2, -0.15) is 5.26 Å². The van der Waals surface area contributed by atoms with Gasteiger partial charge in [0.05, 0.1) is 24.2 Å². The van der Waals surface area contributed by atoms with Gasteiger partial charge in [-0.05, 0) is 18.1 Å². The number of nitriles is 1. The lowest BCUT2D eigenvalue weighted by atomic mass is 10.00. The number of hydrogen-bond acceptors (Lipinski definition) is 4. The molecule has 1 aromatic rings. The molecular formula is C15H16N2O4. The van der Waals surface area contributed by atoms with Crippen molar-refractivity contribution < 1.29 is 19.4 Å². The Morgan fingerprint density at radius 1 is 1.48 bits per heavy atom. The Balaban J connectivity index is 2.07. The van der Waals surface area contributed by atoms with Crippen molar-refractivity contribution in [1.29, 1.82) is 5.26 Å². The monoisotopic (exact) mass is 288 g/mol. The third kappa shape index (κ3) is 3.80. The lowest BCUT2D eigenvalue weighted by Crippen LogP contribution is -2.45. The van der Waals surface area contributed by atoms with Crippen LogP contribution >= 0.6 is 0 Å². The standard InChI is InChI=1S/C15H16N2O4/c16-8-11-4-2-1-3-10(11)7-13(15(19)20)17-14(18)12-5-6-21-9-12/h1-4,12-13H,5-7,9H2,(H,17,18)(H,19,20)/t12-,13+/m0/s1. The van der Waals surface area contributed by atoms with Crippen molar-refractivity contribution in [2.45, 2.75) is 18.9 Å². The van der Waals surface area contributed by atoms with Crippen molar-refractivity contribution in [3.05, 3.63) is 35.4 Å². The third-order valence-corrected chi connectivity index (χ3v) is 3.48. The number of carbonyl (C=O) groups is 2. The highest BCUT2D eigenvalue weighted by Crippen LogP contribution is 2.14. The molecule has 1 aliphatic rings. The van der Waals surface area contributed by atoms with Gasteiger partial charge in [0, 0.05) is 13.0 Å². The Hall–Kier alpha value is -2.39. The zero-order valence-corrected chi connectivity index (χ0v) is 11.4. The highest BCUT2D eigenvalue weighted by atomic mass is 16.5. The van der Waals surface area contributed by atoms with Crippen molar-refractivity contribution in [2.24, 2.45) is 5.92 Å². The summed E-state index contributed by atoms with van der Waals surface area (Å²) in [7, 11) is 0. The molecule has 1 amide bonds. The van der Waals surface area contributed by atoms with Gasteiger partial charge in [0.25, 0.3) is 0 Å². The van der Waals surface area contributed by atoms with Gasteiger partial charge >= 0.3 is 5.97 Å². The highest BCUT2D eigenvalue weighted by Gasteiger charge is 2.28. The molecule has 21 heavy (non-hydrogen) atoms. The fraction of sp³-hybridized carbons (Fsp3) is 0.400. The number of hydrogen-bond donors (Lipinski definition) is 2. The van der Waals surface area contributed by atoms with Crippen LogP contribution in [0.25, 0.3) is 0 Å². The van der Waals surface area contributed by atoms with E-state index in [0.717, 1.165) is 0 Å². The van der Waals surface area contributed by atoms with Crippen LogP contribution in [0.2, 0.25) is 0 Å². The molecule has 0 radical (unpaired) electrons. The molecular weight excluding hydrogens is 272 g/mol. The van der Waals surface area contributed by atoms with Crippen LogP contribution in [-0.4, -0.2) is 36.2 Å². The quantitative estimate of drug-likeness (QED) is 0.831. The summed E-state index contributed by atoms with van der Waals surface area (Å²) >= 11 is 0. The van der Waals surface area contributed by atoms with Crippen molar-refractivity contribution in [3.8, 4) is 6.07 Å². The first-order chi connectivity index (χ1) is 10.1. The number of aliphatic carboxylic acids is 1. The molecule has 110 valence electrons. The van der Waals surface area contributed by atoms with Crippen LogP contribution in [0.15, 0.2) is 24.3 Å². The molecule has 1 aliphatic heterocycles. The molecule has 1 aromatic carbocycles. The predicted octanol–water partition coefficient (Wildman–Crippen LogP) is 0.707. The molecule has 1 fully saturated rings. The summed E-state index contributed by atoms with van der Waals surface area (Å²) in [6.45, 7) is 0.847. The van der Waals surface area contributed by atoms with Crippen LogP contribution < -0.4 is 5.32 Å². The van der Waals surface area contributed by atoms with E-state index in [0.29, 0.717) is 30.8 Å². The van der Waals surface area contributed by atoms with Gasteiger partial charge < -0.3 is 15.2 Å².